The van der Waals surface area contributed by atoms with Crippen LogP contribution in [0.25, 0.3) is 0 Å². The normalized spacial score (nSPS) is 16.9. The molecule has 1 aliphatic rings. The lowest BCUT2D eigenvalue weighted by Gasteiger charge is -2.20. The molecule has 0 aliphatic carbocycles. The summed E-state index contributed by atoms with van der Waals surface area (Å²) in [6, 6.07) is 0. The minimum atomic E-state index is 0.399. The molecule has 1 aliphatic heterocycles. The first-order chi connectivity index (χ1) is 8.84. The van der Waals surface area contributed by atoms with Gasteiger partial charge in [0.1, 0.15) is 0 Å². The third kappa shape index (κ3) is 7.03. The first kappa shape index (κ1) is 15.5. The van der Waals surface area contributed by atoms with Gasteiger partial charge in [0.05, 0.1) is 0 Å². The Morgan fingerprint density at radius 1 is 0.889 bits per heavy atom. The molecule has 2 nitrogen and oxygen atoms in total. The van der Waals surface area contributed by atoms with Gasteiger partial charge in [-0.05, 0) is 19.3 Å². The van der Waals surface area contributed by atoms with Gasteiger partial charge >= 0.3 is 0 Å². The van der Waals surface area contributed by atoms with Gasteiger partial charge in [-0.1, -0.05) is 58.3 Å². The fourth-order valence-electron chi connectivity index (χ4n) is 2.71. The average molecular weight is 253 g/mol. The van der Waals surface area contributed by atoms with E-state index < -0.39 is 0 Å². The van der Waals surface area contributed by atoms with Crippen molar-refractivity contribution in [3.8, 4) is 0 Å². The second-order valence-corrected chi connectivity index (χ2v) is 5.67. The Bertz CT molecular complexity index is 215. The zero-order valence-corrected chi connectivity index (χ0v) is 12.3. The van der Waals surface area contributed by atoms with Gasteiger partial charge in [0, 0.05) is 19.5 Å². The van der Waals surface area contributed by atoms with Crippen LogP contribution in [0.1, 0.15) is 84.0 Å². The topological polar surface area (TPSA) is 20.3 Å². The predicted molar refractivity (Wildman–Crippen MR) is 77.7 cm³/mol. The van der Waals surface area contributed by atoms with Gasteiger partial charge in [0.25, 0.3) is 0 Å². The quantitative estimate of drug-likeness (QED) is 0.553. The number of hydrogen-bond acceptors (Lipinski definition) is 1. The summed E-state index contributed by atoms with van der Waals surface area (Å²) < 4.78 is 0. The molecule has 1 amide bonds. The lowest BCUT2D eigenvalue weighted by atomic mass is 10.1. The van der Waals surface area contributed by atoms with E-state index in [0.29, 0.717) is 5.91 Å². The van der Waals surface area contributed by atoms with E-state index in [0.717, 1.165) is 25.9 Å². The Kier molecular flexibility index (Phi) is 8.97. The van der Waals surface area contributed by atoms with E-state index in [1.54, 1.807) is 0 Å². The van der Waals surface area contributed by atoms with Crippen LogP contribution in [0.3, 0.4) is 0 Å². The number of rotatable bonds is 9. The van der Waals surface area contributed by atoms with E-state index in [-0.39, 0.29) is 0 Å². The summed E-state index contributed by atoms with van der Waals surface area (Å²) in [6.45, 7) is 4.28. The van der Waals surface area contributed by atoms with Crippen LogP contribution >= 0.6 is 0 Å². The van der Waals surface area contributed by atoms with E-state index in [1.807, 2.05) is 0 Å². The maximum Gasteiger partial charge on any atom is 0.222 e. The molecule has 0 aromatic carbocycles. The Morgan fingerprint density at radius 2 is 1.56 bits per heavy atom. The smallest absolute Gasteiger partial charge is 0.222 e. The van der Waals surface area contributed by atoms with Crippen molar-refractivity contribution in [2.75, 3.05) is 13.1 Å². The van der Waals surface area contributed by atoms with Crippen LogP contribution in [0.5, 0.6) is 0 Å². The van der Waals surface area contributed by atoms with Crippen LogP contribution in [0.2, 0.25) is 0 Å². The molecular weight excluding hydrogens is 222 g/mol. The third-order valence-electron chi connectivity index (χ3n) is 3.95. The van der Waals surface area contributed by atoms with Crippen LogP contribution < -0.4 is 0 Å². The van der Waals surface area contributed by atoms with Gasteiger partial charge in [-0.2, -0.15) is 0 Å². The number of carbonyl (C=O) groups excluding carboxylic acids is 1. The van der Waals surface area contributed by atoms with Crippen molar-refractivity contribution in [1.82, 2.24) is 4.90 Å². The molecular formula is C16H31NO. The molecule has 0 N–H and O–H groups in total. The zero-order valence-electron chi connectivity index (χ0n) is 12.3. The molecule has 1 heterocycles. The summed E-state index contributed by atoms with van der Waals surface area (Å²) in [7, 11) is 0. The first-order valence-electron chi connectivity index (χ1n) is 8.12. The summed E-state index contributed by atoms with van der Waals surface area (Å²) in [5, 5.41) is 0. The summed E-state index contributed by atoms with van der Waals surface area (Å²) >= 11 is 0. The number of amides is 1. The van der Waals surface area contributed by atoms with Gasteiger partial charge in [0.15, 0.2) is 0 Å². The van der Waals surface area contributed by atoms with Crippen LogP contribution in [0.15, 0.2) is 0 Å². The van der Waals surface area contributed by atoms with E-state index in [9.17, 15) is 4.79 Å². The standard InChI is InChI=1S/C16H31NO/c1-2-3-4-5-6-7-8-11-14-17-15-12-9-10-13-16(17)18/h2-15H2,1H3. The summed E-state index contributed by atoms with van der Waals surface area (Å²) in [5.41, 5.74) is 0. The van der Waals surface area contributed by atoms with Crippen molar-refractivity contribution < 1.29 is 4.79 Å². The van der Waals surface area contributed by atoms with Gasteiger partial charge in [-0.15, -0.1) is 0 Å². The van der Waals surface area contributed by atoms with Crippen LogP contribution in [-0.2, 0) is 4.79 Å². The molecule has 0 atom stereocenters. The Labute approximate surface area is 113 Å². The number of hydrogen-bond donors (Lipinski definition) is 0. The monoisotopic (exact) mass is 253 g/mol. The van der Waals surface area contributed by atoms with Crippen LogP contribution in [-0.4, -0.2) is 23.9 Å². The molecule has 1 fully saturated rings. The fourth-order valence-corrected chi connectivity index (χ4v) is 2.71. The molecule has 1 saturated heterocycles. The van der Waals surface area contributed by atoms with E-state index >= 15 is 0 Å². The fraction of sp³-hybridized carbons (Fsp3) is 0.938. The van der Waals surface area contributed by atoms with Crippen molar-refractivity contribution in [3.63, 3.8) is 0 Å². The summed E-state index contributed by atoms with van der Waals surface area (Å²) in [4.78, 5) is 13.9. The van der Waals surface area contributed by atoms with E-state index in [1.165, 1.54) is 64.2 Å². The molecule has 0 aromatic heterocycles. The SMILES string of the molecule is CCCCCCCCCCN1CCCCCC1=O. The van der Waals surface area contributed by atoms with E-state index in [2.05, 4.69) is 11.8 Å². The van der Waals surface area contributed by atoms with Crippen molar-refractivity contribution in [3.05, 3.63) is 0 Å². The van der Waals surface area contributed by atoms with Crippen LogP contribution in [0, 0.1) is 0 Å². The highest BCUT2D eigenvalue weighted by atomic mass is 16.2. The molecule has 1 rings (SSSR count). The average Bonchev–Trinajstić information content (AvgIpc) is 2.58. The maximum absolute atomic E-state index is 11.8. The minimum Gasteiger partial charge on any atom is -0.343 e. The molecule has 106 valence electrons. The van der Waals surface area contributed by atoms with Gasteiger partial charge in [-0.3, -0.25) is 4.79 Å². The Morgan fingerprint density at radius 3 is 2.28 bits per heavy atom. The first-order valence-corrected chi connectivity index (χ1v) is 8.12. The highest BCUT2D eigenvalue weighted by Gasteiger charge is 2.15. The Balaban J connectivity index is 1.94. The molecule has 0 spiro atoms. The van der Waals surface area contributed by atoms with Crippen molar-refractivity contribution >= 4 is 5.91 Å². The molecule has 0 bridgehead atoms. The minimum absolute atomic E-state index is 0.399. The third-order valence-corrected chi connectivity index (χ3v) is 3.95. The van der Waals surface area contributed by atoms with Crippen LogP contribution in [0.4, 0.5) is 0 Å². The number of carbonyl (C=O) groups is 1. The number of unbranched alkanes of at least 4 members (excludes halogenated alkanes) is 7. The van der Waals surface area contributed by atoms with Gasteiger partial charge in [0.2, 0.25) is 5.91 Å². The van der Waals surface area contributed by atoms with Crippen molar-refractivity contribution in [1.29, 1.82) is 0 Å². The molecule has 0 radical (unpaired) electrons. The van der Waals surface area contributed by atoms with Gasteiger partial charge < -0.3 is 4.90 Å². The maximum atomic E-state index is 11.8. The number of likely N-dealkylation sites (tertiary alicyclic amines) is 1. The molecule has 0 unspecified atom stereocenters. The van der Waals surface area contributed by atoms with Gasteiger partial charge in [-0.25, -0.2) is 0 Å². The lowest BCUT2D eigenvalue weighted by Crippen LogP contribution is -2.31. The summed E-state index contributed by atoms with van der Waals surface area (Å²) in [6.07, 6.45) is 15.1. The molecule has 2 heteroatoms. The summed E-state index contributed by atoms with van der Waals surface area (Å²) in [5.74, 6) is 0.399. The molecule has 0 aromatic rings. The molecule has 0 saturated carbocycles. The largest absolute Gasteiger partial charge is 0.343 e. The second kappa shape index (κ2) is 10.4. The highest BCUT2D eigenvalue weighted by Crippen LogP contribution is 2.13. The lowest BCUT2D eigenvalue weighted by molar-refractivity contribution is -0.130. The zero-order chi connectivity index (χ0) is 13.1. The predicted octanol–water partition coefficient (Wildman–Crippen LogP) is 4.53. The second-order valence-electron chi connectivity index (χ2n) is 5.67. The van der Waals surface area contributed by atoms with E-state index in [4.69, 9.17) is 0 Å². The number of nitrogens with zero attached hydrogens (tertiary/aromatic N) is 1. The highest BCUT2D eigenvalue weighted by molar-refractivity contribution is 5.76. The Hall–Kier alpha value is -0.530. The van der Waals surface area contributed by atoms with Crippen molar-refractivity contribution in [2.45, 2.75) is 84.0 Å². The molecule has 18 heavy (non-hydrogen) atoms. The van der Waals surface area contributed by atoms with Crippen molar-refractivity contribution in [2.24, 2.45) is 0 Å².